The van der Waals surface area contributed by atoms with E-state index in [-0.39, 0.29) is 0 Å². The molecule has 1 saturated heterocycles. The molecule has 3 nitrogen and oxygen atoms in total. The third-order valence-electron chi connectivity index (χ3n) is 4.46. The molecule has 3 rings (SSSR count). The number of fused-ring (bicyclic) bond motifs is 1. The maximum absolute atomic E-state index is 5.79. The lowest BCUT2D eigenvalue weighted by Gasteiger charge is -2.33. The maximum atomic E-state index is 5.79. The minimum atomic E-state index is 0.387. The first-order chi connectivity index (χ1) is 9.25. The lowest BCUT2D eigenvalue weighted by Crippen LogP contribution is -2.37. The van der Waals surface area contributed by atoms with Crippen LogP contribution in [0.25, 0.3) is 0 Å². The number of hydrogen-bond donors (Lipinski definition) is 1. The van der Waals surface area contributed by atoms with Gasteiger partial charge in [-0.1, -0.05) is 25.1 Å². The second-order valence-electron chi connectivity index (χ2n) is 5.84. The Bertz CT molecular complexity index is 435. The molecule has 1 fully saturated rings. The van der Waals surface area contributed by atoms with Crippen molar-refractivity contribution in [3.05, 3.63) is 29.8 Å². The highest BCUT2D eigenvalue weighted by Crippen LogP contribution is 2.35. The molecule has 1 N–H and O–H groups in total. The van der Waals surface area contributed by atoms with E-state index >= 15 is 0 Å². The van der Waals surface area contributed by atoms with Crippen molar-refractivity contribution in [1.29, 1.82) is 0 Å². The summed E-state index contributed by atoms with van der Waals surface area (Å²) in [5, 5.41) is 3.74. The van der Waals surface area contributed by atoms with Crippen LogP contribution in [0, 0.1) is 11.8 Å². The molecule has 19 heavy (non-hydrogen) atoms. The SMILES string of the molecule is CC1COc2ccccc2C1NCC1CCOC1C. The molecule has 2 aliphatic heterocycles. The minimum Gasteiger partial charge on any atom is -0.493 e. The van der Waals surface area contributed by atoms with E-state index < -0.39 is 0 Å². The molecule has 2 heterocycles. The number of hydrogen-bond acceptors (Lipinski definition) is 3. The van der Waals surface area contributed by atoms with Gasteiger partial charge in [-0.25, -0.2) is 0 Å². The molecule has 0 bridgehead atoms. The minimum absolute atomic E-state index is 0.387. The Labute approximate surface area is 115 Å². The summed E-state index contributed by atoms with van der Waals surface area (Å²) >= 11 is 0. The highest BCUT2D eigenvalue weighted by molar-refractivity contribution is 5.37. The van der Waals surface area contributed by atoms with Crippen molar-refractivity contribution >= 4 is 0 Å². The van der Waals surface area contributed by atoms with Crippen molar-refractivity contribution < 1.29 is 9.47 Å². The van der Waals surface area contributed by atoms with Gasteiger partial charge in [-0.15, -0.1) is 0 Å². The summed E-state index contributed by atoms with van der Waals surface area (Å²) in [7, 11) is 0. The fraction of sp³-hybridized carbons (Fsp3) is 0.625. The van der Waals surface area contributed by atoms with Gasteiger partial charge in [0.15, 0.2) is 0 Å². The Morgan fingerprint density at radius 3 is 2.89 bits per heavy atom. The van der Waals surface area contributed by atoms with Crippen molar-refractivity contribution in [2.24, 2.45) is 11.8 Å². The Morgan fingerprint density at radius 1 is 1.26 bits per heavy atom. The monoisotopic (exact) mass is 261 g/mol. The van der Waals surface area contributed by atoms with E-state index in [1.807, 2.05) is 6.07 Å². The smallest absolute Gasteiger partial charge is 0.124 e. The van der Waals surface area contributed by atoms with Crippen LogP contribution in [0.2, 0.25) is 0 Å². The van der Waals surface area contributed by atoms with E-state index in [1.165, 1.54) is 12.0 Å². The van der Waals surface area contributed by atoms with Crippen molar-refractivity contribution in [3.63, 3.8) is 0 Å². The van der Waals surface area contributed by atoms with Crippen molar-refractivity contribution in [2.75, 3.05) is 19.8 Å². The van der Waals surface area contributed by atoms with Gasteiger partial charge in [0.25, 0.3) is 0 Å². The summed E-state index contributed by atoms with van der Waals surface area (Å²) in [5.41, 5.74) is 1.30. The van der Waals surface area contributed by atoms with E-state index in [0.717, 1.165) is 25.5 Å². The standard InChI is InChI=1S/C16H23NO2/c1-11-10-19-15-6-4-3-5-14(15)16(11)17-9-13-7-8-18-12(13)2/h3-6,11-13,16-17H,7-10H2,1-2H3. The van der Waals surface area contributed by atoms with Crippen molar-refractivity contribution in [2.45, 2.75) is 32.4 Å². The van der Waals surface area contributed by atoms with Gasteiger partial charge in [0.05, 0.1) is 12.7 Å². The highest BCUT2D eigenvalue weighted by Gasteiger charge is 2.30. The lowest BCUT2D eigenvalue weighted by molar-refractivity contribution is 0.102. The molecular weight excluding hydrogens is 238 g/mol. The molecule has 0 saturated carbocycles. The number of para-hydroxylation sites is 1. The fourth-order valence-corrected chi connectivity index (χ4v) is 3.13. The molecule has 4 unspecified atom stereocenters. The number of nitrogens with one attached hydrogen (secondary N) is 1. The summed E-state index contributed by atoms with van der Waals surface area (Å²) < 4.78 is 11.4. The van der Waals surface area contributed by atoms with Crippen LogP contribution in [0.1, 0.15) is 31.9 Å². The van der Waals surface area contributed by atoms with Gasteiger partial charge in [0.2, 0.25) is 0 Å². The Hall–Kier alpha value is -1.06. The van der Waals surface area contributed by atoms with Crippen LogP contribution in [0.3, 0.4) is 0 Å². The number of benzene rings is 1. The molecule has 0 aromatic heterocycles. The van der Waals surface area contributed by atoms with Gasteiger partial charge >= 0.3 is 0 Å². The highest BCUT2D eigenvalue weighted by atomic mass is 16.5. The number of rotatable bonds is 3. The van der Waals surface area contributed by atoms with Crippen LogP contribution < -0.4 is 10.1 Å². The third kappa shape index (κ3) is 2.63. The van der Waals surface area contributed by atoms with Gasteiger partial charge in [0, 0.05) is 30.7 Å². The summed E-state index contributed by atoms with van der Waals surface area (Å²) in [5.74, 6) is 2.18. The van der Waals surface area contributed by atoms with Crippen molar-refractivity contribution in [3.8, 4) is 5.75 Å². The van der Waals surface area contributed by atoms with Gasteiger partial charge in [-0.2, -0.15) is 0 Å². The molecule has 3 heteroatoms. The van der Waals surface area contributed by atoms with E-state index in [9.17, 15) is 0 Å². The van der Waals surface area contributed by atoms with Gasteiger partial charge < -0.3 is 14.8 Å². The van der Waals surface area contributed by atoms with Crippen LogP contribution in [0.4, 0.5) is 0 Å². The topological polar surface area (TPSA) is 30.5 Å². The lowest BCUT2D eigenvalue weighted by atomic mass is 9.91. The summed E-state index contributed by atoms with van der Waals surface area (Å²) in [6.45, 7) is 7.17. The maximum Gasteiger partial charge on any atom is 0.124 e. The van der Waals surface area contributed by atoms with E-state index in [1.54, 1.807) is 0 Å². The molecule has 0 spiro atoms. The van der Waals surface area contributed by atoms with Crippen LogP contribution in [-0.4, -0.2) is 25.9 Å². The average molecular weight is 261 g/mol. The molecule has 0 amide bonds. The molecular formula is C16H23NO2. The van der Waals surface area contributed by atoms with Gasteiger partial charge in [0.1, 0.15) is 5.75 Å². The first-order valence-corrected chi connectivity index (χ1v) is 7.32. The first-order valence-electron chi connectivity index (χ1n) is 7.32. The zero-order valence-electron chi connectivity index (χ0n) is 11.8. The first kappa shape index (κ1) is 12.9. The van der Waals surface area contributed by atoms with E-state index in [4.69, 9.17) is 9.47 Å². The van der Waals surface area contributed by atoms with Crippen molar-refractivity contribution in [1.82, 2.24) is 5.32 Å². The van der Waals surface area contributed by atoms with Crippen LogP contribution >= 0.6 is 0 Å². The second-order valence-corrected chi connectivity index (χ2v) is 5.84. The molecule has 0 radical (unpaired) electrons. The Kier molecular flexibility index (Phi) is 3.76. The Morgan fingerprint density at radius 2 is 2.11 bits per heavy atom. The molecule has 1 aromatic rings. The molecule has 4 atom stereocenters. The van der Waals surface area contributed by atoms with E-state index in [0.29, 0.717) is 24.0 Å². The predicted molar refractivity (Wildman–Crippen MR) is 75.4 cm³/mol. The van der Waals surface area contributed by atoms with E-state index in [2.05, 4.69) is 37.4 Å². The number of ether oxygens (including phenoxy) is 2. The third-order valence-corrected chi connectivity index (χ3v) is 4.46. The second kappa shape index (κ2) is 5.51. The predicted octanol–water partition coefficient (Wildman–Crippen LogP) is 2.77. The summed E-state index contributed by atoms with van der Waals surface area (Å²) in [6.07, 6.45) is 1.56. The van der Waals surface area contributed by atoms with Gasteiger partial charge in [-0.3, -0.25) is 0 Å². The molecule has 104 valence electrons. The summed E-state index contributed by atoms with van der Waals surface area (Å²) in [6, 6.07) is 8.78. The average Bonchev–Trinajstić information content (AvgIpc) is 2.83. The Balaban J connectivity index is 1.69. The van der Waals surface area contributed by atoms with Crippen LogP contribution in [0.5, 0.6) is 5.75 Å². The van der Waals surface area contributed by atoms with Gasteiger partial charge in [-0.05, 0) is 25.3 Å². The zero-order chi connectivity index (χ0) is 13.2. The molecule has 2 aliphatic rings. The fourth-order valence-electron chi connectivity index (χ4n) is 3.13. The zero-order valence-corrected chi connectivity index (χ0v) is 11.8. The normalized spacial score (nSPS) is 33.8. The largest absolute Gasteiger partial charge is 0.493 e. The summed E-state index contributed by atoms with van der Waals surface area (Å²) in [4.78, 5) is 0. The molecule has 1 aromatic carbocycles. The van der Waals surface area contributed by atoms with Crippen LogP contribution in [0.15, 0.2) is 24.3 Å². The van der Waals surface area contributed by atoms with Crippen LogP contribution in [-0.2, 0) is 4.74 Å². The molecule has 0 aliphatic carbocycles. The quantitative estimate of drug-likeness (QED) is 0.907.